The Kier molecular flexibility index (Phi) is 8.92. The molecular weight excluding hydrogens is 338 g/mol. The van der Waals surface area contributed by atoms with Gasteiger partial charge in [0.15, 0.2) is 0 Å². The van der Waals surface area contributed by atoms with E-state index in [0.717, 1.165) is 6.26 Å². The predicted molar refractivity (Wildman–Crippen MR) is 84.3 cm³/mol. The van der Waals surface area contributed by atoms with Crippen molar-refractivity contribution in [1.29, 1.82) is 0 Å². The lowest BCUT2D eigenvalue weighted by Gasteiger charge is -2.24. The molecule has 0 rings (SSSR count). The third kappa shape index (κ3) is 11.5. The highest BCUT2D eigenvalue weighted by molar-refractivity contribution is 7.86. The summed E-state index contributed by atoms with van der Waals surface area (Å²) in [5, 5.41) is 0. The Morgan fingerprint density at radius 3 is 1.81 bits per heavy atom. The van der Waals surface area contributed by atoms with Gasteiger partial charge in [-0.25, -0.2) is 0 Å². The first-order valence-electron chi connectivity index (χ1n) is 6.67. The van der Waals surface area contributed by atoms with E-state index >= 15 is 0 Å². The summed E-state index contributed by atoms with van der Waals surface area (Å²) < 4.78 is 61.8. The van der Waals surface area contributed by atoms with Crippen LogP contribution >= 0.6 is 14.7 Å². The van der Waals surface area contributed by atoms with Crippen LogP contribution in [0.5, 0.6) is 0 Å². The molecule has 0 aliphatic carbocycles. The molecule has 7 nitrogen and oxygen atoms in total. The van der Waals surface area contributed by atoms with Crippen LogP contribution in [0.1, 0.15) is 13.8 Å². The van der Waals surface area contributed by atoms with Gasteiger partial charge in [0.2, 0.25) is 0 Å². The molecule has 0 saturated carbocycles. The second-order valence-electron chi connectivity index (χ2n) is 5.24. The molecule has 1 atom stereocenters. The average Bonchev–Trinajstić information content (AvgIpc) is 2.23. The van der Waals surface area contributed by atoms with Gasteiger partial charge >= 0.3 is 7.60 Å². The van der Waals surface area contributed by atoms with E-state index in [1.54, 1.807) is 27.2 Å². The van der Waals surface area contributed by atoms with Crippen LogP contribution in [0.25, 0.3) is 0 Å². The third-order valence-electron chi connectivity index (χ3n) is 2.35. The van der Waals surface area contributed by atoms with Crippen LogP contribution in [0.2, 0.25) is 0 Å². The van der Waals surface area contributed by atoms with E-state index in [0.29, 0.717) is 0 Å². The summed E-state index contributed by atoms with van der Waals surface area (Å²) in [6.45, 7) is 6.81. The Hall–Kier alpha value is 0.290. The molecule has 0 spiro atoms. The van der Waals surface area contributed by atoms with Gasteiger partial charge in [-0.1, -0.05) is 0 Å². The largest absolute Gasteiger partial charge is 0.331 e. The van der Waals surface area contributed by atoms with E-state index in [1.165, 1.54) is 0 Å². The molecule has 128 valence electrons. The maximum atomic E-state index is 12.5. The molecule has 0 heterocycles. The highest BCUT2D eigenvalue weighted by Crippen LogP contribution is 2.51. The van der Waals surface area contributed by atoms with Crippen molar-refractivity contribution < 1.29 is 30.8 Å². The van der Waals surface area contributed by atoms with Crippen molar-refractivity contribution in [3.8, 4) is 0 Å². The zero-order valence-corrected chi connectivity index (χ0v) is 15.9. The summed E-state index contributed by atoms with van der Waals surface area (Å²) >= 11 is 0. The Morgan fingerprint density at radius 1 is 1.00 bits per heavy atom. The molecular formula is C11H26O7P2S. The van der Waals surface area contributed by atoms with Crippen LogP contribution in [-0.2, 0) is 32.5 Å². The number of hydrogen-bond donors (Lipinski definition) is 0. The van der Waals surface area contributed by atoms with Crippen LogP contribution in [0.15, 0.2) is 0 Å². The molecule has 0 amide bonds. The van der Waals surface area contributed by atoms with Crippen molar-refractivity contribution in [3.05, 3.63) is 0 Å². The lowest BCUT2D eigenvalue weighted by molar-refractivity contribution is 0.208. The summed E-state index contributed by atoms with van der Waals surface area (Å²) in [6, 6.07) is 0. The van der Waals surface area contributed by atoms with E-state index in [2.05, 4.69) is 0 Å². The molecule has 1 unspecified atom stereocenters. The Labute approximate surface area is 127 Å². The lowest BCUT2D eigenvalue weighted by atomic mass is 10.2. The number of hydrogen-bond acceptors (Lipinski definition) is 7. The van der Waals surface area contributed by atoms with Gasteiger partial charge in [0.1, 0.15) is 0 Å². The highest BCUT2D eigenvalue weighted by Gasteiger charge is 2.31. The molecule has 0 bridgehead atoms. The van der Waals surface area contributed by atoms with Crippen molar-refractivity contribution in [3.63, 3.8) is 0 Å². The Balaban J connectivity index is 5.01. The lowest BCUT2D eigenvalue weighted by Crippen LogP contribution is -2.22. The maximum absolute atomic E-state index is 12.5. The number of rotatable bonds is 11. The molecule has 0 fully saturated rings. The van der Waals surface area contributed by atoms with Crippen LogP contribution in [-0.4, -0.2) is 60.1 Å². The van der Waals surface area contributed by atoms with E-state index in [4.69, 9.17) is 13.2 Å². The molecule has 0 aromatic rings. The Bertz CT molecular complexity index is 487. The first-order valence-corrected chi connectivity index (χ1v) is 13.0. The molecule has 0 aromatic heterocycles. The molecule has 0 saturated heterocycles. The zero-order valence-electron chi connectivity index (χ0n) is 13.3. The first kappa shape index (κ1) is 21.3. The van der Waals surface area contributed by atoms with Gasteiger partial charge in [-0.05, 0) is 27.2 Å². The maximum Gasteiger partial charge on any atom is 0.331 e. The zero-order chi connectivity index (χ0) is 16.7. The second kappa shape index (κ2) is 8.80. The van der Waals surface area contributed by atoms with Gasteiger partial charge in [-0.15, -0.1) is 0 Å². The van der Waals surface area contributed by atoms with Gasteiger partial charge in [-0.3, -0.25) is 8.75 Å². The van der Waals surface area contributed by atoms with E-state index in [9.17, 15) is 17.5 Å². The third-order valence-corrected chi connectivity index (χ3v) is 6.58. The van der Waals surface area contributed by atoms with Crippen LogP contribution in [0.3, 0.4) is 0 Å². The predicted octanol–water partition coefficient (Wildman–Crippen LogP) is 2.47. The van der Waals surface area contributed by atoms with Gasteiger partial charge in [0.05, 0.1) is 39.4 Å². The van der Waals surface area contributed by atoms with Crippen molar-refractivity contribution in [2.24, 2.45) is 5.92 Å². The fourth-order valence-corrected chi connectivity index (χ4v) is 5.92. The van der Waals surface area contributed by atoms with Crippen molar-refractivity contribution in [1.82, 2.24) is 0 Å². The molecule has 0 aliphatic heterocycles. The van der Waals surface area contributed by atoms with Gasteiger partial charge in [-0.2, -0.15) is 8.42 Å². The standard InChI is InChI=1S/C11H26O7P2S/c1-6-16-20(13,17-7-2)10-11(9-19(3,4)12)8-18-21(5,14)15/h11H,6-10H2,1-5H3. The monoisotopic (exact) mass is 364 g/mol. The summed E-state index contributed by atoms with van der Waals surface area (Å²) in [5.74, 6) is -0.482. The fourth-order valence-electron chi connectivity index (χ4n) is 1.86. The van der Waals surface area contributed by atoms with Crippen molar-refractivity contribution in [2.75, 3.05) is 51.7 Å². The summed E-state index contributed by atoms with van der Waals surface area (Å²) in [7, 11) is -9.39. The highest BCUT2D eigenvalue weighted by atomic mass is 32.2. The van der Waals surface area contributed by atoms with Crippen LogP contribution in [0, 0.1) is 5.92 Å². The smallest absolute Gasteiger partial charge is 0.324 e. The van der Waals surface area contributed by atoms with Gasteiger partial charge in [0, 0.05) is 12.1 Å². The molecule has 0 N–H and O–H groups in total. The minimum absolute atomic E-state index is 0.0180. The molecule has 0 radical (unpaired) electrons. The van der Waals surface area contributed by atoms with E-state index in [-0.39, 0.29) is 32.1 Å². The molecule has 10 heteroatoms. The molecule has 0 aromatic carbocycles. The Morgan fingerprint density at radius 2 is 1.48 bits per heavy atom. The second-order valence-corrected chi connectivity index (χ2v) is 12.5. The minimum Gasteiger partial charge on any atom is -0.324 e. The fraction of sp³-hybridized carbons (Fsp3) is 1.00. The summed E-state index contributed by atoms with van der Waals surface area (Å²) in [4.78, 5) is 0. The van der Waals surface area contributed by atoms with E-state index < -0.39 is 30.8 Å². The SMILES string of the molecule is CCOP(=O)(CC(COS(C)(=O)=O)CP(C)(C)=O)OCC. The van der Waals surface area contributed by atoms with E-state index in [1.807, 2.05) is 0 Å². The minimum atomic E-state index is -3.62. The quantitative estimate of drug-likeness (QED) is 0.410. The summed E-state index contributed by atoms with van der Waals surface area (Å²) in [6.07, 6.45) is 1.13. The average molecular weight is 364 g/mol. The van der Waals surface area contributed by atoms with Crippen LogP contribution < -0.4 is 0 Å². The van der Waals surface area contributed by atoms with Crippen molar-refractivity contribution >= 4 is 24.9 Å². The van der Waals surface area contributed by atoms with Gasteiger partial charge in [0.25, 0.3) is 10.1 Å². The van der Waals surface area contributed by atoms with Crippen molar-refractivity contribution in [2.45, 2.75) is 13.8 Å². The topological polar surface area (TPSA) is 96.0 Å². The van der Waals surface area contributed by atoms with Gasteiger partial charge < -0.3 is 13.6 Å². The molecule has 0 aliphatic rings. The normalized spacial score (nSPS) is 15.1. The first-order chi connectivity index (χ1) is 9.41. The summed E-state index contributed by atoms with van der Waals surface area (Å²) in [5.41, 5.74) is 0. The van der Waals surface area contributed by atoms with Crippen LogP contribution in [0.4, 0.5) is 0 Å². The molecule has 21 heavy (non-hydrogen) atoms.